The molecule has 3 aromatic rings. The number of halogens is 1. The van der Waals surface area contributed by atoms with Crippen molar-refractivity contribution in [2.24, 2.45) is 5.16 Å². The lowest BCUT2D eigenvalue weighted by atomic mass is 9.86. The van der Waals surface area contributed by atoms with Crippen LogP contribution in [0.15, 0.2) is 70.8 Å². The molecule has 126 valence electrons. The second kappa shape index (κ2) is 7.19. The Hall–Kier alpha value is -2.47. The van der Waals surface area contributed by atoms with Gasteiger partial charge in [-0.25, -0.2) is 9.67 Å². The Labute approximate surface area is 154 Å². The van der Waals surface area contributed by atoms with Gasteiger partial charge in [0.05, 0.1) is 6.04 Å². The Morgan fingerprint density at radius 2 is 2.00 bits per heavy atom. The minimum Gasteiger partial charge on any atom is -0.391 e. The molecular formula is C19H17BrN4O. The van der Waals surface area contributed by atoms with Crippen LogP contribution in [0, 0.1) is 0 Å². The number of fused-ring (bicyclic) bond motifs is 1. The largest absolute Gasteiger partial charge is 0.391 e. The average molecular weight is 397 g/mol. The summed E-state index contributed by atoms with van der Waals surface area (Å²) in [7, 11) is 0. The zero-order valence-corrected chi connectivity index (χ0v) is 15.1. The fourth-order valence-corrected chi connectivity index (χ4v) is 3.53. The third-order valence-electron chi connectivity index (χ3n) is 4.39. The molecule has 1 unspecified atom stereocenters. The SMILES string of the molecule is Brc1ccccc1CON=C1c2ccccc2CCC1n1cncn1. The molecule has 0 radical (unpaired) electrons. The number of hydrogen-bond acceptors (Lipinski definition) is 4. The average Bonchev–Trinajstić information content (AvgIpc) is 3.18. The summed E-state index contributed by atoms with van der Waals surface area (Å²) < 4.78 is 2.88. The molecule has 0 saturated carbocycles. The Morgan fingerprint density at radius 3 is 2.84 bits per heavy atom. The van der Waals surface area contributed by atoms with E-state index in [-0.39, 0.29) is 6.04 Å². The van der Waals surface area contributed by atoms with Gasteiger partial charge < -0.3 is 4.84 Å². The third kappa shape index (κ3) is 3.35. The van der Waals surface area contributed by atoms with Gasteiger partial charge in [0.15, 0.2) is 0 Å². The van der Waals surface area contributed by atoms with Gasteiger partial charge in [-0.15, -0.1) is 0 Å². The molecule has 25 heavy (non-hydrogen) atoms. The van der Waals surface area contributed by atoms with Gasteiger partial charge in [0, 0.05) is 15.6 Å². The molecule has 2 aromatic carbocycles. The zero-order chi connectivity index (χ0) is 17.1. The topological polar surface area (TPSA) is 52.3 Å². The molecule has 6 heteroatoms. The molecule has 0 aliphatic heterocycles. The number of aromatic nitrogens is 3. The van der Waals surface area contributed by atoms with Gasteiger partial charge in [0.25, 0.3) is 0 Å². The zero-order valence-electron chi connectivity index (χ0n) is 13.5. The number of hydrogen-bond donors (Lipinski definition) is 0. The van der Waals surface area contributed by atoms with E-state index in [2.05, 4.69) is 49.4 Å². The van der Waals surface area contributed by atoms with Crippen LogP contribution in [0.25, 0.3) is 0 Å². The van der Waals surface area contributed by atoms with E-state index in [0.29, 0.717) is 6.61 Å². The van der Waals surface area contributed by atoms with Crippen LogP contribution in [0.3, 0.4) is 0 Å². The molecule has 1 heterocycles. The van der Waals surface area contributed by atoms with Crippen LogP contribution in [0.2, 0.25) is 0 Å². The fraction of sp³-hybridized carbons (Fsp3) is 0.211. The van der Waals surface area contributed by atoms with E-state index in [0.717, 1.165) is 34.2 Å². The van der Waals surface area contributed by atoms with Crippen molar-refractivity contribution >= 4 is 21.6 Å². The second-order valence-electron chi connectivity index (χ2n) is 5.93. The molecule has 1 atom stereocenters. The molecule has 5 nitrogen and oxygen atoms in total. The first kappa shape index (κ1) is 16.0. The molecule has 0 spiro atoms. The lowest BCUT2D eigenvalue weighted by Crippen LogP contribution is -2.27. The maximum atomic E-state index is 5.72. The number of nitrogens with zero attached hydrogens (tertiary/aromatic N) is 4. The fourth-order valence-electron chi connectivity index (χ4n) is 3.13. The van der Waals surface area contributed by atoms with Crippen molar-refractivity contribution in [1.29, 1.82) is 0 Å². The highest BCUT2D eigenvalue weighted by Gasteiger charge is 2.28. The summed E-state index contributed by atoms with van der Waals surface area (Å²) in [6, 6.07) is 16.4. The van der Waals surface area contributed by atoms with Crippen LogP contribution >= 0.6 is 15.9 Å². The number of oxime groups is 1. The normalized spacial score (nSPS) is 18.1. The third-order valence-corrected chi connectivity index (χ3v) is 5.17. The summed E-state index contributed by atoms with van der Waals surface area (Å²) in [5.41, 5.74) is 4.39. The first-order chi connectivity index (χ1) is 12.3. The number of rotatable bonds is 4. The minimum atomic E-state index is 0.0385. The summed E-state index contributed by atoms with van der Waals surface area (Å²) in [5.74, 6) is 0. The molecule has 0 saturated heterocycles. The van der Waals surface area contributed by atoms with Gasteiger partial charge in [0.2, 0.25) is 0 Å². The van der Waals surface area contributed by atoms with Crippen LogP contribution in [-0.4, -0.2) is 20.5 Å². The van der Waals surface area contributed by atoms with Gasteiger partial charge in [-0.05, 0) is 24.5 Å². The van der Waals surface area contributed by atoms with E-state index in [1.807, 2.05) is 35.0 Å². The van der Waals surface area contributed by atoms with Gasteiger partial charge in [0.1, 0.15) is 25.0 Å². The van der Waals surface area contributed by atoms with Crippen LogP contribution in [0.5, 0.6) is 0 Å². The summed E-state index contributed by atoms with van der Waals surface area (Å²) >= 11 is 3.54. The highest BCUT2D eigenvalue weighted by molar-refractivity contribution is 9.10. The van der Waals surface area contributed by atoms with Crippen molar-refractivity contribution in [3.63, 3.8) is 0 Å². The Balaban J connectivity index is 1.64. The highest BCUT2D eigenvalue weighted by atomic mass is 79.9. The summed E-state index contributed by atoms with van der Waals surface area (Å²) in [6.07, 6.45) is 5.21. The van der Waals surface area contributed by atoms with Crippen molar-refractivity contribution in [3.8, 4) is 0 Å². The van der Waals surface area contributed by atoms with Gasteiger partial charge >= 0.3 is 0 Å². The van der Waals surface area contributed by atoms with E-state index in [1.54, 1.807) is 12.7 Å². The van der Waals surface area contributed by atoms with Gasteiger partial charge in [-0.2, -0.15) is 5.10 Å². The first-order valence-corrected chi connectivity index (χ1v) is 8.98. The Bertz CT molecular complexity index is 892. The molecule has 0 bridgehead atoms. The molecule has 0 N–H and O–H groups in total. The predicted octanol–water partition coefficient (Wildman–Crippen LogP) is 4.15. The van der Waals surface area contributed by atoms with Crippen LogP contribution in [-0.2, 0) is 17.9 Å². The minimum absolute atomic E-state index is 0.0385. The van der Waals surface area contributed by atoms with Crippen molar-refractivity contribution in [3.05, 3.63) is 82.3 Å². The monoisotopic (exact) mass is 396 g/mol. The first-order valence-electron chi connectivity index (χ1n) is 8.18. The second-order valence-corrected chi connectivity index (χ2v) is 6.78. The Kier molecular flexibility index (Phi) is 4.61. The van der Waals surface area contributed by atoms with E-state index >= 15 is 0 Å². The Morgan fingerprint density at radius 1 is 1.16 bits per heavy atom. The maximum Gasteiger partial charge on any atom is 0.143 e. The van der Waals surface area contributed by atoms with Crippen molar-refractivity contribution in [1.82, 2.24) is 14.8 Å². The van der Waals surface area contributed by atoms with Crippen molar-refractivity contribution in [2.75, 3.05) is 0 Å². The quantitative estimate of drug-likeness (QED) is 0.622. The summed E-state index contributed by atoms with van der Waals surface area (Å²) in [4.78, 5) is 9.80. The van der Waals surface area contributed by atoms with Gasteiger partial charge in [-0.3, -0.25) is 0 Å². The predicted molar refractivity (Wildman–Crippen MR) is 99.3 cm³/mol. The number of aryl methyl sites for hydroxylation is 1. The van der Waals surface area contributed by atoms with Gasteiger partial charge in [-0.1, -0.05) is 63.6 Å². The number of benzene rings is 2. The van der Waals surface area contributed by atoms with E-state index in [1.165, 1.54) is 5.56 Å². The maximum absolute atomic E-state index is 5.72. The van der Waals surface area contributed by atoms with Crippen LogP contribution in [0.1, 0.15) is 29.2 Å². The molecular weight excluding hydrogens is 380 g/mol. The summed E-state index contributed by atoms with van der Waals surface area (Å²) in [6.45, 7) is 0.414. The molecule has 1 aromatic heterocycles. The van der Waals surface area contributed by atoms with E-state index < -0.39 is 0 Å². The lowest BCUT2D eigenvalue weighted by molar-refractivity contribution is 0.128. The van der Waals surface area contributed by atoms with Crippen LogP contribution in [0.4, 0.5) is 0 Å². The summed E-state index contributed by atoms with van der Waals surface area (Å²) in [5, 5.41) is 8.81. The molecule has 4 rings (SSSR count). The van der Waals surface area contributed by atoms with Crippen molar-refractivity contribution < 1.29 is 4.84 Å². The van der Waals surface area contributed by atoms with E-state index in [9.17, 15) is 0 Å². The highest BCUT2D eigenvalue weighted by Crippen LogP contribution is 2.29. The van der Waals surface area contributed by atoms with Crippen molar-refractivity contribution in [2.45, 2.75) is 25.5 Å². The smallest absolute Gasteiger partial charge is 0.143 e. The molecule has 1 aliphatic carbocycles. The molecule has 0 amide bonds. The standard InChI is InChI=1S/C19H17BrN4O/c20-17-8-4-2-6-15(17)11-25-23-19-16-7-3-1-5-14(16)9-10-18(19)24-13-21-12-22-24/h1-8,12-13,18H,9-11H2. The molecule has 1 aliphatic rings. The van der Waals surface area contributed by atoms with Crippen LogP contribution < -0.4 is 0 Å². The lowest BCUT2D eigenvalue weighted by Gasteiger charge is -2.26. The van der Waals surface area contributed by atoms with E-state index in [4.69, 9.17) is 4.84 Å². The molecule has 0 fully saturated rings.